The van der Waals surface area contributed by atoms with Crippen molar-refractivity contribution in [1.29, 1.82) is 0 Å². The van der Waals surface area contributed by atoms with Gasteiger partial charge in [0, 0.05) is 18.9 Å². The Morgan fingerprint density at radius 2 is 2.00 bits per heavy atom. The van der Waals surface area contributed by atoms with Crippen molar-refractivity contribution in [3.63, 3.8) is 0 Å². The number of nitrogens with zero attached hydrogens (tertiary/aromatic N) is 6. The van der Waals surface area contributed by atoms with Gasteiger partial charge in [0.25, 0.3) is 0 Å². The summed E-state index contributed by atoms with van der Waals surface area (Å²) in [4.78, 5) is 17.4. The second-order valence-electron chi connectivity index (χ2n) is 7.21. The Morgan fingerprint density at radius 3 is 2.83 bits per heavy atom. The molecule has 0 saturated heterocycles. The number of urea groups is 1. The molecule has 5 rings (SSSR count). The minimum Gasteiger partial charge on any atom is -0.331 e. The van der Waals surface area contributed by atoms with Crippen LogP contribution in [0.5, 0.6) is 0 Å². The number of hydrogen-bond acceptors (Lipinski definition) is 5. The van der Waals surface area contributed by atoms with Crippen LogP contribution in [-0.2, 0) is 20.0 Å². The molecule has 2 amide bonds. The average Bonchev–Trinajstić information content (AvgIpc) is 3.25. The van der Waals surface area contributed by atoms with E-state index >= 15 is 0 Å². The minimum absolute atomic E-state index is 0.235. The number of aryl methyl sites for hydroxylation is 1. The van der Waals surface area contributed by atoms with Gasteiger partial charge in [-0.2, -0.15) is 5.10 Å². The lowest BCUT2D eigenvalue weighted by molar-refractivity contribution is 0.248. The molecule has 1 atom stereocenters. The number of pyridine rings is 1. The summed E-state index contributed by atoms with van der Waals surface area (Å²) in [6.07, 6.45) is 2.31. The molecule has 0 spiro atoms. The summed E-state index contributed by atoms with van der Waals surface area (Å²) < 4.78 is 3.63. The third-order valence-electron chi connectivity index (χ3n) is 5.31. The smallest absolute Gasteiger partial charge is 0.320 e. The molecule has 1 aliphatic heterocycles. The van der Waals surface area contributed by atoms with Crippen LogP contribution in [-0.4, -0.2) is 35.8 Å². The molecule has 4 aromatic rings. The molecule has 1 unspecified atom stereocenters. The fourth-order valence-electron chi connectivity index (χ4n) is 3.78. The number of carbonyl (C=O) groups is 1. The van der Waals surface area contributed by atoms with E-state index in [4.69, 9.17) is 0 Å². The second kappa shape index (κ2) is 6.69. The Bertz CT molecular complexity index is 1210. The zero-order chi connectivity index (χ0) is 20.0. The molecule has 0 aliphatic carbocycles. The summed E-state index contributed by atoms with van der Waals surface area (Å²) in [5.74, 6) is 0.475. The molecule has 4 bridgehead atoms. The summed E-state index contributed by atoms with van der Waals surface area (Å²) in [5, 5.41) is 19.9. The predicted octanol–water partition coefficient (Wildman–Crippen LogP) is 2.34. The molecule has 0 saturated carbocycles. The van der Waals surface area contributed by atoms with E-state index in [1.807, 2.05) is 55.1 Å². The first-order chi connectivity index (χ1) is 14.1. The Kier molecular flexibility index (Phi) is 4.01. The van der Waals surface area contributed by atoms with Gasteiger partial charge in [-0.25, -0.2) is 14.5 Å². The molecular weight excluding hydrogens is 368 g/mol. The van der Waals surface area contributed by atoms with Crippen molar-refractivity contribution in [2.24, 2.45) is 7.05 Å². The fourth-order valence-corrected chi connectivity index (χ4v) is 3.78. The highest BCUT2D eigenvalue weighted by molar-refractivity contribution is 5.92. The number of anilines is 1. The van der Waals surface area contributed by atoms with Crippen LogP contribution in [0.2, 0.25) is 0 Å². The molecule has 29 heavy (non-hydrogen) atoms. The predicted molar refractivity (Wildman–Crippen MR) is 107 cm³/mol. The maximum atomic E-state index is 12.8. The van der Waals surface area contributed by atoms with E-state index in [1.165, 1.54) is 0 Å². The van der Waals surface area contributed by atoms with Crippen molar-refractivity contribution in [3.05, 3.63) is 65.2 Å². The first kappa shape index (κ1) is 17.4. The maximum absolute atomic E-state index is 12.8. The molecule has 3 aromatic heterocycles. The number of benzene rings is 1. The van der Waals surface area contributed by atoms with E-state index in [1.54, 1.807) is 10.9 Å². The number of nitrogens with one attached hydrogen (secondary N) is 2. The lowest BCUT2D eigenvalue weighted by Gasteiger charge is -2.20. The van der Waals surface area contributed by atoms with Gasteiger partial charge in [0.05, 0.1) is 41.4 Å². The molecular formula is C20H20N8O. The lowest BCUT2D eigenvalue weighted by atomic mass is 10.0. The van der Waals surface area contributed by atoms with Crippen LogP contribution in [0.15, 0.2) is 42.6 Å². The number of rotatable bonds is 1. The first-order valence-corrected chi connectivity index (χ1v) is 9.41. The highest BCUT2D eigenvalue weighted by Gasteiger charge is 2.22. The molecule has 9 nitrogen and oxygen atoms in total. The van der Waals surface area contributed by atoms with Gasteiger partial charge in [-0.15, -0.1) is 5.10 Å². The molecule has 2 N–H and O–H groups in total. The van der Waals surface area contributed by atoms with Crippen LogP contribution in [0.25, 0.3) is 10.9 Å². The van der Waals surface area contributed by atoms with E-state index < -0.39 is 0 Å². The third-order valence-corrected chi connectivity index (χ3v) is 5.31. The fraction of sp³-hybridized carbons (Fsp3) is 0.250. The van der Waals surface area contributed by atoms with Gasteiger partial charge in [0.1, 0.15) is 5.82 Å². The normalized spacial score (nSPS) is 16.6. The van der Waals surface area contributed by atoms with Crippen LogP contribution < -0.4 is 10.6 Å². The number of aromatic nitrogens is 6. The quantitative estimate of drug-likeness (QED) is 0.521. The molecule has 4 heterocycles. The minimum atomic E-state index is -0.314. The van der Waals surface area contributed by atoms with Gasteiger partial charge < -0.3 is 5.32 Å². The van der Waals surface area contributed by atoms with Crippen LogP contribution in [0, 0.1) is 6.92 Å². The molecule has 0 fully saturated rings. The second-order valence-corrected chi connectivity index (χ2v) is 7.21. The number of carbonyl (C=O) groups excluding carboxylic acids is 1. The standard InChI is InChI=1S/C20H20N8O/c1-12-15-9-16(13-6-4-3-5-7-13)23-20(29)24-18-8-14-10-21-27(2)19(14)17(22-18)11-28(12)26-25-15/h3-8,10,16H,9,11H2,1-2H3,(H2,22,23,24,29). The zero-order valence-electron chi connectivity index (χ0n) is 16.1. The molecule has 1 aliphatic rings. The van der Waals surface area contributed by atoms with Crippen molar-refractivity contribution < 1.29 is 4.79 Å². The van der Waals surface area contributed by atoms with Crippen LogP contribution >= 0.6 is 0 Å². The SMILES string of the molecule is Cc1c2nnn1Cc1nc(cc3cnn(C)c13)NC(=O)NC(c1ccccc1)C2. The van der Waals surface area contributed by atoms with Gasteiger partial charge >= 0.3 is 6.03 Å². The van der Waals surface area contributed by atoms with Crippen molar-refractivity contribution in [1.82, 2.24) is 35.1 Å². The van der Waals surface area contributed by atoms with E-state index in [0.29, 0.717) is 18.8 Å². The Labute approximate surface area is 166 Å². The van der Waals surface area contributed by atoms with Crippen molar-refractivity contribution in [2.45, 2.75) is 25.9 Å². The van der Waals surface area contributed by atoms with E-state index in [0.717, 1.165) is 33.5 Å². The van der Waals surface area contributed by atoms with E-state index in [2.05, 4.69) is 31.0 Å². The topological polar surface area (TPSA) is 103 Å². The van der Waals surface area contributed by atoms with Crippen LogP contribution in [0.3, 0.4) is 0 Å². The van der Waals surface area contributed by atoms with Crippen molar-refractivity contribution in [3.8, 4) is 0 Å². The van der Waals surface area contributed by atoms with Gasteiger partial charge in [-0.3, -0.25) is 10.00 Å². The lowest BCUT2D eigenvalue weighted by Crippen LogP contribution is -2.34. The summed E-state index contributed by atoms with van der Waals surface area (Å²) in [7, 11) is 1.88. The Balaban J connectivity index is 1.63. The first-order valence-electron chi connectivity index (χ1n) is 9.41. The summed E-state index contributed by atoms with van der Waals surface area (Å²) in [6.45, 7) is 2.44. The number of amides is 2. The van der Waals surface area contributed by atoms with Gasteiger partial charge in [0.15, 0.2) is 0 Å². The highest BCUT2D eigenvalue weighted by atomic mass is 16.2. The van der Waals surface area contributed by atoms with Crippen molar-refractivity contribution in [2.75, 3.05) is 5.32 Å². The number of hydrogen-bond donors (Lipinski definition) is 2. The Hall–Kier alpha value is -3.75. The molecule has 9 heteroatoms. The zero-order valence-corrected chi connectivity index (χ0v) is 16.1. The van der Waals surface area contributed by atoms with Crippen LogP contribution in [0.4, 0.5) is 10.6 Å². The highest BCUT2D eigenvalue weighted by Crippen LogP contribution is 2.24. The maximum Gasteiger partial charge on any atom is 0.320 e. The summed E-state index contributed by atoms with van der Waals surface area (Å²) >= 11 is 0. The number of fused-ring (bicyclic) bond motifs is 6. The third kappa shape index (κ3) is 3.10. The van der Waals surface area contributed by atoms with Crippen LogP contribution in [0.1, 0.15) is 28.7 Å². The molecule has 1 aromatic carbocycles. The van der Waals surface area contributed by atoms with Crippen molar-refractivity contribution >= 4 is 22.8 Å². The Morgan fingerprint density at radius 1 is 1.17 bits per heavy atom. The average molecular weight is 388 g/mol. The van der Waals surface area contributed by atoms with Gasteiger partial charge in [-0.1, -0.05) is 35.5 Å². The van der Waals surface area contributed by atoms with E-state index in [-0.39, 0.29) is 12.1 Å². The molecule has 146 valence electrons. The summed E-state index contributed by atoms with van der Waals surface area (Å²) in [5.41, 5.74) is 4.49. The van der Waals surface area contributed by atoms with Gasteiger partial charge in [-0.05, 0) is 18.6 Å². The summed E-state index contributed by atoms with van der Waals surface area (Å²) in [6, 6.07) is 11.1. The van der Waals surface area contributed by atoms with Gasteiger partial charge in [0.2, 0.25) is 0 Å². The largest absolute Gasteiger partial charge is 0.331 e. The monoisotopic (exact) mass is 388 g/mol. The van der Waals surface area contributed by atoms with E-state index in [9.17, 15) is 4.79 Å². The molecule has 0 radical (unpaired) electrons.